The summed E-state index contributed by atoms with van der Waals surface area (Å²) in [5.74, 6) is -0.0194. The average Bonchev–Trinajstić information content (AvgIpc) is 3.18. The van der Waals surface area contributed by atoms with Crippen LogP contribution >= 0.6 is 0 Å². The van der Waals surface area contributed by atoms with Gasteiger partial charge in [0.2, 0.25) is 11.8 Å². The molecule has 0 amide bonds. The highest BCUT2D eigenvalue weighted by atomic mass is 16.6. The van der Waals surface area contributed by atoms with Gasteiger partial charge < -0.3 is 18.9 Å². The second kappa shape index (κ2) is 19.4. The van der Waals surface area contributed by atoms with Gasteiger partial charge in [-0.15, -0.1) is 13.2 Å². The van der Waals surface area contributed by atoms with Crippen molar-refractivity contribution in [2.24, 2.45) is 20.5 Å². The fraction of sp³-hybridized carbons (Fsp3) is 0.150. The Kier molecular flexibility index (Phi) is 13.6. The second-order valence-electron chi connectivity index (χ2n) is 11.0. The first-order chi connectivity index (χ1) is 25.5. The van der Waals surface area contributed by atoms with Gasteiger partial charge in [0.1, 0.15) is 17.8 Å². The van der Waals surface area contributed by atoms with Crippen LogP contribution in [0.25, 0.3) is 0 Å². The van der Waals surface area contributed by atoms with Crippen molar-refractivity contribution in [3.05, 3.63) is 146 Å². The minimum Gasteiger partial charge on any atom is -0.494 e. The van der Waals surface area contributed by atoms with E-state index >= 15 is 0 Å². The van der Waals surface area contributed by atoms with E-state index in [9.17, 15) is 9.59 Å². The number of hydrogen-bond donors (Lipinski definition) is 0. The van der Waals surface area contributed by atoms with Crippen molar-refractivity contribution in [3.63, 3.8) is 0 Å². The molecule has 0 fully saturated rings. The predicted molar refractivity (Wildman–Crippen MR) is 196 cm³/mol. The van der Waals surface area contributed by atoms with Crippen LogP contribution in [0.1, 0.15) is 46.4 Å². The molecule has 1 aromatic heterocycles. The number of unbranched alkanes of at least 4 members (excludes halogenated alkanes) is 2. The van der Waals surface area contributed by atoms with E-state index in [-0.39, 0.29) is 22.9 Å². The molecule has 0 spiro atoms. The van der Waals surface area contributed by atoms with Crippen LogP contribution < -0.4 is 18.9 Å². The molecule has 5 aromatic rings. The molecule has 0 N–H and O–H groups in total. The molecule has 0 bridgehead atoms. The Labute approximate surface area is 301 Å². The minimum atomic E-state index is -0.670. The number of hydrogen-bond acceptors (Lipinski definition) is 12. The topological polar surface area (TPSA) is 146 Å². The summed E-state index contributed by atoms with van der Waals surface area (Å²) in [6.45, 7) is 8.64. The molecule has 0 radical (unpaired) electrons. The maximum Gasteiger partial charge on any atom is 0.344 e. The van der Waals surface area contributed by atoms with E-state index in [1.807, 2.05) is 36.4 Å². The van der Waals surface area contributed by atoms with Crippen molar-refractivity contribution in [2.45, 2.75) is 25.7 Å². The van der Waals surface area contributed by atoms with Gasteiger partial charge in [0.25, 0.3) is 0 Å². The molecule has 0 unspecified atom stereocenters. The van der Waals surface area contributed by atoms with Gasteiger partial charge in [-0.3, -0.25) is 0 Å². The SMILES string of the molecule is C=CCCCOc1ccc(N=Nc2ccc(C(=O)Oc3cc(OC(=O)c4ccc(N=Nc5ccc(OCCCC=C)cc5)cc4)ncn3)cc2)cc1. The monoisotopic (exact) mass is 696 g/mol. The standard InChI is InChI=1S/C40H36N6O6/c1-3-5-7-25-49-35-21-17-33(18-22-35)45-43-31-13-9-29(10-14-31)39(47)51-37-27-38(42-28-41-37)52-40(48)30-11-15-32(16-12-30)44-46-34-19-23-36(24-20-34)50-26-8-6-4-2/h3-4,9-24,27-28H,1-2,5-8,25-26H2. The fourth-order valence-electron chi connectivity index (χ4n) is 4.36. The molecule has 262 valence electrons. The number of aromatic nitrogens is 2. The van der Waals surface area contributed by atoms with Crippen LogP contribution in [0.5, 0.6) is 23.3 Å². The van der Waals surface area contributed by atoms with Gasteiger partial charge in [0, 0.05) is 0 Å². The van der Waals surface area contributed by atoms with Crippen LogP contribution in [0.2, 0.25) is 0 Å². The van der Waals surface area contributed by atoms with Gasteiger partial charge in [0.05, 0.1) is 53.2 Å². The van der Waals surface area contributed by atoms with Crippen LogP contribution in [-0.2, 0) is 0 Å². The quantitative estimate of drug-likeness (QED) is 0.0380. The summed E-state index contributed by atoms with van der Waals surface area (Å²) in [5.41, 5.74) is 2.90. The molecule has 12 heteroatoms. The van der Waals surface area contributed by atoms with E-state index in [4.69, 9.17) is 18.9 Å². The maximum absolute atomic E-state index is 12.8. The van der Waals surface area contributed by atoms with E-state index in [2.05, 4.69) is 43.6 Å². The summed E-state index contributed by atoms with van der Waals surface area (Å²) in [6.07, 6.45) is 8.47. The zero-order chi connectivity index (χ0) is 36.4. The third kappa shape index (κ3) is 11.7. The van der Waals surface area contributed by atoms with Crippen molar-refractivity contribution in [3.8, 4) is 23.3 Å². The number of azo groups is 2. The molecule has 0 aliphatic carbocycles. The molecule has 52 heavy (non-hydrogen) atoms. The molecule has 0 atom stereocenters. The number of carbonyl (C=O) groups is 2. The number of nitrogens with zero attached hydrogens (tertiary/aromatic N) is 6. The van der Waals surface area contributed by atoms with Crippen molar-refractivity contribution in [1.82, 2.24) is 9.97 Å². The highest BCUT2D eigenvalue weighted by Gasteiger charge is 2.14. The average molecular weight is 697 g/mol. The molecule has 1 heterocycles. The third-order valence-corrected chi connectivity index (χ3v) is 7.10. The lowest BCUT2D eigenvalue weighted by Crippen LogP contribution is -2.11. The summed E-state index contributed by atoms with van der Waals surface area (Å²) < 4.78 is 22.1. The van der Waals surface area contributed by atoms with Crippen molar-refractivity contribution < 1.29 is 28.5 Å². The highest BCUT2D eigenvalue weighted by Crippen LogP contribution is 2.24. The van der Waals surface area contributed by atoms with Crippen molar-refractivity contribution in [2.75, 3.05) is 13.2 Å². The zero-order valence-electron chi connectivity index (χ0n) is 28.3. The van der Waals surface area contributed by atoms with Gasteiger partial charge >= 0.3 is 11.9 Å². The molecule has 12 nitrogen and oxygen atoms in total. The number of ether oxygens (including phenoxy) is 4. The lowest BCUT2D eigenvalue weighted by Gasteiger charge is -2.06. The fourth-order valence-corrected chi connectivity index (χ4v) is 4.36. The van der Waals surface area contributed by atoms with Crippen LogP contribution in [0.15, 0.2) is 155 Å². The molecule has 4 aromatic carbocycles. The van der Waals surface area contributed by atoms with Gasteiger partial charge in [-0.2, -0.15) is 20.5 Å². The van der Waals surface area contributed by atoms with Crippen molar-refractivity contribution in [1.29, 1.82) is 0 Å². The van der Waals surface area contributed by atoms with Crippen LogP contribution in [-0.4, -0.2) is 35.1 Å². The number of carbonyl (C=O) groups excluding carboxylic acids is 2. The smallest absolute Gasteiger partial charge is 0.344 e. The van der Waals surface area contributed by atoms with Crippen LogP contribution in [0.4, 0.5) is 22.7 Å². The number of esters is 2. The highest BCUT2D eigenvalue weighted by molar-refractivity contribution is 5.92. The Morgan fingerprint density at radius 2 is 0.885 bits per heavy atom. The zero-order valence-corrected chi connectivity index (χ0v) is 28.3. The lowest BCUT2D eigenvalue weighted by atomic mass is 10.2. The Balaban J connectivity index is 1.09. The normalized spacial score (nSPS) is 10.9. The first-order valence-corrected chi connectivity index (χ1v) is 16.5. The van der Waals surface area contributed by atoms with E-state index in [0.29, 0.717) is 36.0 Å². The first-order valence-electron chi connectivity index (χ1n) is 16.5. The third-order valence-electron chi connectivity index (χ3n) is 7.10. The summed E-state index contributed by atoms with van der Waals surface area (Å²) in [4.78, 5) is 33.4. The number of benzene rings is 4. The molecule has 0 saturated carbocycles. The minimum absolute atomic E-state index is 0.0947. The second-order valence-corrected chi connectivity index (χ2v) is 11.0. The van der Waals surface area contributed by atoms with E-state index in [1.54, 1.807) is 72.8 Å². The lowest BCUT2D eigenvalue weighted by molar-refractivity contribution is 0.0722. The van der Waals surface area contributed by atoms with Gasteiger partial charge in [-0.05, 0) is 123 Å². The largest absolute Gasteiger partial charge is 0.494 e. The van der Waals surface area contributed by atoms with Crippen LogP contribution in [0, 0.1) is 0 Å². The Bertz CT molecular complexity index is 1850. The maximum atomic E-state index is 12.8. The molecule has 0 aliphatic rings. The molecule has 5 rings (SSSR count). The molecule has 0 saturated heterocycles. The molecular weight excluding hydrogens is 660 g/mol. The van der Waals surface area contributed by atoms with Crippen LogP contribution in [0.3, 0.4) is 0 Å². The summed E-state index contributed by atoms with van der Waals surface area (Å²) >= 11 is 0. The van der Waals surface area contributed by atoms with E-state index in [0.717, 1.165) is 43.5 Å². The molecule has 0 aliphatic heterocycles. The van der Waals surface area contributed by atoms with E-state index < -0.39 is 11.9 Å². The summed E-state index contributed by atoms with van der Waals surface area (Å²) in [6, 6.07) is 28.6. The summed E-state index contributed by atoms with van der Waals surface area (Å²) in [7, 11) is 0. The Morgan fingerprint density at radius 3 is 1.23 bits per heavy atom. The number of allylic oxidation sites excluding steroid dienone is 2. The predicted octanol–water partition coefficient (Wildman–Crippen LogP) is 10.4. The van der Waals surface area contributed by atoms with Gasteiger partial charge in [-0.1, -0.05) is 12.2 Å². The number of rotatable bonds is 18. The van der Waals surface area contributed by atoms with Crippen molar-refractivity contribution >= 4 is 34.7 Å². The molecular formula is C40H36N6O6. The van der Waals surface area contributed by atoms with Gasteiger partial charge in [0.15, 0.2) is 0 Å². The Morgan fingerprint density at radius 1 is 0.538 bits per heavy atom. The Hall–Kier alpha value is -6.82. The first kappa shape index (κ1) is 36.5. The van der Waals surface area contributed by atoms with E-state index in [1.165, 1.54) is 6.07 Å². The summed E-state index contributed by atoms with van der Waals surface area (Å²) in [5, 5.41) is 16.9. The van der Waals surface area contributed by atoms with Gasteiger partial charge in [-0.25, -0.2) is 19.6 Å².